The van der Waals surface area contributed by atoms with Gasteiger partial charge in [-0.15, -0.1) is 0 Å². The fourth-order valence-electron chi connectivity index (χ4n) is 2.36. The third-order valence-corrected chi connectivity index (χ3v) is 3.14. The first-order valence-electron chi connectivity index (χ1n) is 6.46. The summed E-state index contributed by atoms with van der Waals surface area (Å²) in [7, 11) is 0. The van der Waals surface area contributed by atoms with Crippen LogP contribution in [-0.4, -0.2) is 15.8 Å². The molecule has 4 heteroatoms. The summed E-state index contributed by atoms with van der Waals surface area (Å²) in [6, 6.07) is 13.3. The van der Waals surface area contributed by atoms with E-state index in [1.807, 2.05) is 50.2 Å². The zero-order chi connectivity index (χ0) is 14.1. The van der Waals surface area contributed by atoms with Gasteiger partial charge in [-0.25, -0.2) is 4.79 Å². The molecule has 1 heterocycles. The molecule has 0 atom stereocenters. The van der Waals surface area contributed by atoms with Crippen molar-refractivity contribution in [3.8, 4) is 0 Å². The number of carbonyl (C=O) groups excluding carboxylic acids is 1. The van der Waals surface area contributed by atoms with E-state index in [2.05, 4.69) is 16.5 Å². The van der Waals surface area contributed by atoms with Crippen LogP contribution in [0.1, 0.15) is 11.1 Å². The van der Waals surface area contributed by atoms with Crippen molar-refractivity contribution in [2.45, 2.75) is 13.8 Å². The Balaban J connectivity index is 1.93. The summed E-state index contributed by atoms with van der Waals surface area (Å²) in [5, 5.41) is 7.97. The maximum Gasteiger partial charge on any atom is 0.347 e. The van der Waals surface area contributed by atoms with Crippen molar-refractivity contribution in [2.75, 3.05) is 5.32 Å². The van der Waals surface area contributed by atoms with Gasteiger partial charge in [0.1, 0.15) is 0 Å². The maximum atomic E-state index is 12.3. The molecule has 4 nitrogen and oxygen atoms in total. The third kappa shape index (κ3) is 2.28. The summed E-state index contributed by atoms with van der Waals surface area (Å²) in [5.74, 6) is 0. The number of para-hydroxylation sites is 1. The van der Waals surface area contributed by atoms with Gasteiger partial charge in [0.25, 0.3) is 0 Å². The second kappa shape index (κ2) is 4.81. The number of anilines is 1. The van der Waals surface area contributed by atoms with Crippen molar-refractivity contribution in [2.24, 2.45) is 0 Å². The first-order chi connectivity index (χ1) is 9.63. The number of aromatic nitrogens is 2. The number of amides is 1. The lowest BCUT2D eigenvalue weighted by molar-refractivity contribution is 0.252. The van der Waals surface area contributed by atoms with Crippen LogP contribution in [0.25, 0.3) is 10.9 Å². The Kier molecular flexibility index (Phi) is 2.99. The smallest absolute Gasteiger partial charge is 0.306 e. The van der Waals surface area contributed by atoms with Crippen LogP contribution in [0.15, 0.2) is 48.7 Å². The molecule has 100 valence electrons. The molecule has 0 aliphatic heterocycles. The minimum Gasteiger partial charge on any atom is -0.306 e. The van der Waals surface area contributed by atoms with E-state index in [4.69, 9.17) is 0 Å². The summed E-state index contributed by atoms with van der Waals surface area (Å²) in [5.41, 5.74) is 3.82. The molecule has 1 aromatic heterocycles. The van der Waals surface area contributed by atoms with Crippen molar-refractivity contribution in [3.05, 3.63) is 59.8 Å². The molecule has 3 rings (SSSR count). The summed E-state index contributed by atoms with van der Waals surface area (Å²) in [6.45, 7) is 4.01. The fraction of sp³-hybridized carbons (Fsp3) is 0.125. The van der Waals surface area contributed by atoms with Gasteiger partial charge in [-0.05, 0) is 43.2 Å². The van der Waals surface area contributed by atoms with E-state index in [-0.39, 0.29) is 6.03 Å². The van der Waals surface area contributed by atoms with Crippen LogP contribution in [0.2, 0.25) is 0 Å². The van der Waals surface area contributed by atoms with Gasteiger partial charge in [0.15, 0.2) is 0 Å². The number of fused-ring (bicyclic) bond motifs is 1. The van der Waals surface area contributed by atoms with Gasteiger partial charge < -0.3 is 5.32 Å². The van der Waals surface area contributed by atoms with E-state index < -0.39 is 0 Å². The van der Waals surface area contributed by atoms with Crippen LogP contribution in [0.5, 0.6) is 0 Å². The lowest BCUT2D eigenvalue weighted by atomic mass is 10.1. The first kappa shape index (κ1) is 12.4. The average Bonchev–Trinajstić information content (AvgIpc) is 2.81. The average molecular weight is 265 g/mol. The highest BCUT2D eigenvalue weighted by Gasteiger charge is 2.10. The molecule has 0 saturated heterocycles. The van der Waals surface area contributed by atoms with Crippen LogP contribution in [0, 0.1) is 13.8 Å². The molecule has 0 fully saturated rings. The Morgan fingerprint density at radius 3 is 2.55 bits per heavy atom. The Morgan fingerprint density at radius 2 is 1.80 bits per heavy atom. The van der Waals surface area contributed by atoms with Crippen molar-refractivity contribution >= 4 is 22.6 Å². The zero-order valence-corrected chi connectivity index (χ0v) is 11.4. The summed E-state index contributed by atoms with van der Waals surface area (Å²) in [6.07, 6.45) is 1.69. The van der Waals surface area contributed by atoms with E-state index >= 15 is 0 Å². The molecule has 20 heavy (non-hydrogen) atoms. The van der Waals surface area contributed by atoms with Crippen LogP contribution < -0.4 is 5.32 Å². The van der Waals surface area contributed by atoms with Gasteiger partial charge in [0.05, 0.1) is 11.7 Å². The molecule has 1 amide bonds. The molecule has 0 unspecified atom stereocenters. The van der Waals surface area contributed by atoms with Crippen molar-refractivity contribution < 1.29 is 4.79 Å². The molecule has 0 bridgehead atoms. The number of aryl methyl sites for hydroxylation is 2. The maximum absolute atomic E-state index is 12.3. The SMILES string of the molecule is Cc1cc(C)cc(NC(=O)n2ncc3ccccc32)c1. The minimum absolute atomic E-state index is 0.254. The lowest BCUT2D eigenvalue weighted by Gasteiger charge is -2.08. The standard InChI is InChI=1S/C16H15N3O/c1-11-7-12(2)9-14(8-11)18-16(20)19-15-6-4-3-5-13(15)10-17-19/h3-10H,1-2H3,(H,18,20). The number of nitrogens with zero attached hydrogens (tertiary/aromatic N) is 2. The second-order valence-corrected chi connectivity index (χ2v) is 4.92. The minimum atomic E-state index is -0.254. The third-order valence-electron chi connectivity index (χ3n) is 3.14. The second-order valence-electron chi connectivity index (χ2n) is 4.92. The predicted octanol–water partition coefficient (Wildman–Crippen LogP) is 3.73. The molecule has 0 aliphatic rings. The molecule has 0 radical (unpaired) electrons. The molecule has 1 N–H and O–H groups in total. The number of nitrogens with one attached hydrogen (secondary N) is 1. The normalized spacial score (nSPS) is 10.7. The van der Waals surface area contributed by atoms with Gasteiger partial charge in [-0.2, -0.15) is 9.78 Å². The highest BCUT2D eigenvalue weighted by Crippen LogP contribution is 2.16. The van der Waals surface area contributed by atoms with E-state index in [0.717, 1.165) is 27.7 Å². The lowest BCUT2D eigenvalue weighted by Crippen LogP contribution is -2.20. The summed E-state index contributed by atoms with van der Waals surface area (Å²) >= 11 is 0. The van der Waals surface area contributed by atoms with Gasteiger partial charge in [-0.3, -0.25) is 0 Å². The van der Waals surface area contributed by atoms with E-state index in [0.29, 0.717) is 0 Å². The van der Waals surface area contributed by atoms with Gasteiger partial charge in [0, 0.05) is 11.1 Å². The van der Waals surface area contributed by atoms with E-state index in [1.165, 1.54) is 4.68 Å². The molecular formula is C16H15N3O. The Hall–Kier alpha value is -2.62. The number of hydrogen-bond acceptors (Lipinski definition) is 2. The van der Waals surface area contributed by atoms with Gasteiger partial charge in [0.2, 0.25) is 0 Å². The Bertz CT molecular complexity index is 769. The van der Waals surface area contributed by atoms with E-state index in [1.54, 1.807) is 6.20 Å². The van der Waals surface area contributed by atoms with Crippen molar-refractivity contribution in [3.63, 3.8) is 0 Å². The molecule has 0 saturated carbocycles. The topological polar surface area (TPSA) is 46.9 Å². The number of benzene rings is 2. The van der Waals surface area contributed by atoms with Crippen molar-refractivity contribution in [1.82, 2.24) is 9.78 Å². The fourth-order valence-corrected chi connectivity index (χ4v) is 2.36. The first-order valence-corrected chi connectivity index (χ1v) is 6.46. The summed E-state index contributed by atoms with van der Waals surface area (Å²) in [4.78, 5) is 12.3. The predicted molar refractivity (Wildman–Crippen MR) is 80.1 cm³/mol. The quantitative estimate of drug-likeness (QED) is 0.728. The number of carbonyl (C=O) groups is 1. The highest BCUT2D eigenvalue weighted by molar-refractivity contribution is 5.97. The van der Waals surface area contributed by atoms with E-state index in [9.17, 15) is 4.79 Å². The molecular weight excluding hydrogens is 250 g/mol. The summed E-state index contributed by atoms with van der Waals surface area (Å²) < 4.78 is 1.38. The van der Waals surface area contributed by atoms with Gasteiger partial charge in [-0.1, -0.05) is 24.3 Å². The Labute approximate surface area is 117 Å². The molecule has 3 aromatic rings. The largest absolute Gasteiger partial charge is 0.347 e. The number of hydrogen-bond donors (Lipinski definition) is 1. The van der Waals surface area contributed by atoms with Crippen LogP contribution in [0.3, 0.4) is 0 Å². The van der Waals surface area contributed by atoms with Gasteiger partial charge >= 0.3 is 6.03 Å². The molecule has 2 aromatic carbocycles. The monoisotopic (exact) mass is 265 g/mol. The molecule has 0 spiro atoms. The van der Waals surface area contributed by atoms with Crippen LogP contribution in [0.4, 0.5) is 10.5 Å². The van der Waals surface area contributed by atoms with Crippen LogP contribution >= 0.6 is 0 Å². The van der Waals surface area contributed by atoms with Crippen molar-refractivity contribution in [1.29, 1.82) is 0 Å². The zero-order valence-electron chi connectivity index (χ0n) is 11.4. The molecule has 0 aliphatic carbocycles. The van der Waals surface area contributed by atoms with Crippen LogP contribution in [-0.2, 0) is 0 Å². The Morgan fingerprint density at radius 1 is 1.10 bits per heavy atom. The highest BCUT2D eigenvalue weighted by atomic mass is 16.2. The number of rotatable bonds is 1.